The summed E-state index contributed by atoms with van der Waals surface area (Å²) in [6, 6.07) is 0. The Labute approximate surface area is 187 Å². The molecule has 0 fully saturated rings. The molecule has 186 valence electrons. The van der Waals surface area contributed by atoms with Crippen LogP contribution >= 0.6 is 0 Å². The maximum Gasteiger partial charge on any atom is 0.141 e. The molecule has 0 saturated heterocycles. The summed E-state index contributed by atoms with van der Waals surface area (Å²) >= 11 is 0. The van der Waals surface area contributed by atoms with Crippen molar-refractivity contribution < 1.29 is 34.6 Å². The Balaban J connectivity index is 5.11. The van der Waals surface area contributed by atoms with E-state index in [1.807, 2.05) is 0 Å². The van der Waals surface area contributed by atoms with Crippen LogP contribution < -0.4 is 22.9 Å². The second-order valence-corrected chi connectivity index (χ2v) is 7.14. The number of oxime groups is 3. The maximum absolute atomic E-state index is 8.65. The first-order chi connectivity index (χ1) is 15.3. The molecule has 14 heteroatoms. The summed E-state index contributed by atoms with van der Waals surface area (Å²) in [7, 11) is 0. The third kappa shape index (κ3) is 15.1. The van der Waals surface area contributed by atoms with Crippen LogP contribution in [0.25, 0.3) is 0 Å². The predicted molar refractivity (Wildman–Crippen MR) is 118 cm³/mol. The molecule has 0 spiro atoms. The molecule has 11 N–H and O–H groups in total. The van der Waals surface area contributed by atoms with Crippen molar-refractivity contribution in [2.75, 3.05) is 52.9 Å². The van der Waals surface area contributed by atoms with E-state index in [2.05, 4.69) is 22.0 Å². The maximum atomic E-state index is 8.65. The zero-order valence-corrected chi connectivity index (χ0v) is 18.3. The first kappa shape index (κ1) is 29.2. The van der Waals surface area contributed by atoms with Crippen LogP contribution in [0.3, 0.4) is 0 Å². The summed E-state index contributed by atoms with van der Waals surface area (Å²) in [6.07, 6.45) is 1.18. The molecule has 0 heterocycles. The summed E-state index contributed by atoms with van der Waals surface area (Å²) < 4.78 is 22.9. The molecule has 0 rings (SSSR count). The van der Waals surface area contributed by atoms with Crippen molar-refractivity contribution in [1.29, 1.82) is 0 Å². The Bertz CT molecular complexity index is 550. The highest BCUT2D eigenvalue weighted by Crippen LogP contribution is 2.21. The summed E-state index contributed by atoms with van der Waals surface area (Å²) in [5.41, 5.74) is 21.7. The van der Waals surface area contributed by atoms with Gasteiger partial charge in [-0.1, -0.05) is 22.0 Å². The number of hydrogen-bond acceptors (Lipinski definition) is 11. The SMILES string of the molecule is C=C(N)CCOCC(COCC/C(N)=N/O)(COCC/C(N)=N\O)COCC/C(N)=N\O. The van der Waals surface area contributed by atoms with Gasteiger partial charge in [-0.2, -0.15) is 0 Å². The average Bonchev–Trinajstić information content (AvgIpc) is 2.79. The van der Waals surface area contributed by atoms with Crippen LogP contribution in [0.4, 0.5) is 0 Å². The van der Waals surface area contributed by atoms with Gasteiger partial charge in [-0.15, -0.1) is 0 Å². The number of amidine groups is 3. The molecule has 0 radical (unpaired) electrons. The zero-order valence-electron chi connectivity index (χ0n) is 18.3. The van der Waals surface area contributed by atoms with Gasteiger partial charge < -0.3 is 57.5 Å². The third-order valence-corrected chi connectivity index (χ3v) is 4.09. The van der Waals surface area contributed by atoms with Crippen LogP contribution in [0, 0.1) is 5.41 Å². The number of nitrogens with two attached hydrogens (primary N) is 4. The van der Waals surface area contributed by atoms with Crippen LogP contribution in [0.2, 0.25) is 0 Å². The normalized spacial score (nSPS) is 13.4. The fourth-order valence-corrected chi connectivity index (χ4v) is 2.29. The van der Waals surface area contributed by atoms with E-state index in [9.17, 15) is 0 Å². The van der Waals surface area contributed by atoms with Crippen molar-refractivity contribution >= 4 is 17.5 Å². The lowest BCUT2D eigenvalue weighted by molar-refractivity contribution is -0.104. The molecule has 0 amide bonds. The Morgan fingerprint density at radius 3 is 1.12 bits per heavy atom. The van der Waals surface area contributed by atoms with Crippen molar-refractivity contribution in [3.8, 4) is 0 Å². The summed E-state index contributed by atoms with van der Waals surface area (Å²) in [5, 5.41) is 34.7. The lowest BCUT2D eigenvalue weighted by Gasteiger charge is -2.33. The van der Waals surface area contributed by atoms with Crippen molar-refractivity contribution in [1.82, 2.24) is 0 Å². The number of rotatable bonds is 20. The summed E-state index contributed by atoms with van der Waals surface area (Å²) in [5.74, 6) is 0.120. The van der Waals surface area contributed by atoms with E-state index in [1.54, 1.807) is 0 Å². The largest absolute Gasteiger partial charge is 0.409 e. The fraction of sp³-hybridized carbons (Fsp3) is 0.722. The van der Waals surface area contributed by atoms with E-state index < -0.39 is 5.41 Å². The lowest BCUT2D eigenvalue weighted by atomic mass is 9.92. The Morgan fingerprint density at radius 1 is 0.594 bits per heavy atom. The highest BCUT2D eigenvalue weighted by Gasteiger charge is 2.32. The van der Waals surface area contributed by atoms with Gasteiger partial charge in [0.25, 0.3) is 0 Å². The fourth-order valence-electron chi connectivity index (χ4n) is 2.29. The molecular formula is C18H37N7O7. The van der Waals surface area contributed by atoms with Gasteiger partial charge in [0.1, 0.15) is 17.5 Å². The number of nitrogens with zero attached hydrogens (tertiary/aromatic N) is 3. The standard InChI is InChI=1S/C18H37N7O7/c1-14(19)2-6-29-10-18(11-30-7-3-15(20)23-26,12-31-8-4-16(21)24-27)13-32-9-5-17(22)25-28/h26-28H,1-13,19H2,(H2,20,23)(H2,21,24)(H2,22,25). The third-order valence-electron chi connectivity index (χ3n) is 4.09. The smallest absolute Gasteiger partial charge is 0.141 e. The topological polar surface area (TPSA) is 239 Å². The van der Waals surface area contributed by atoms with Gasteiger partial charge in [-0.25, -0.2) is 0 Å². The van der Waals surface area contributed by atoms with Gasteiger partial charge in [-0.3, -0.25) is 0 Å². The second-order valence-electron chi connectivity index (χ2n) is 7.14. The number of ether oxygens (including phenoxy) is 4. The first-order valence-electron chi connectivity index (χ1n) is 9.92. The Hall–Kier alpha value is -2.81. The van der Waals surface area contributed by atoms with E-state index >= 15 is 0 Å². The minimum atomic E-state index is -0.739. The second kappa shape index (κ2) is 17.8. The predicted octanol–water partition coefficient (Wildman–Crippen LogP) is -0.689. The van der Waals surface area contributed by atoms with E-state index in [0.717, 1.165) is 0 Å². The van der Waals surface area contributed by atoms with Gasteiger partial charge in [0.2, 0.25) is 0 Å². The number of hydrogen-bond donors (Lipinski definition) is 7. The molecule has 0 aliphatic heterocycles. The molecule has 14 nitrogen and oxygen atoms in total. The minimum absolute atomic E-state index is 0.0401. The quantitative estimate of drug-likeness (QED) is 0.0392. The highest BCUT2D eigenvalue weighted by atomic mass is 16.5. The summed E-state index contributed by atoms with van der Waals surface area (Å²) in [4.78, 5) is 0. The van der Waals surface area contributed by atoms with E-state index in [4.69, 9.17) is 57.5 Å². The average molecular weight is 464 g/mol. The highest BCUT2D eigenvalue weighted by molar-refractivity contribution is 5.80. The van der Waals surface area contributed by atoms with Crippen molar-refractivity contribution in [3.05, 3.63) is 12.3 Å². The molecule has 0 unspecified atom stereocenters. The van der Waals surface area contributed by atoms with Gasteiger partial charge in [-0.05, 0) is 0 Å². The van der Waals surface area contributed by atoms with Crippen molar-refractivity contribution in [3.63, 3.8) is 0 Å². The summed E-state index contributed by atoms with van der Waals surface area (Å²) in [6.45, 7) is 5.29. The van der Waals surface area contributed by atoms with Crippen LogP contribution in [-0.4, -0.2) is 86.0 Å². The van der Waals surface area contributed by atoms with Gasteiger partial charge in [0, 0.05) is 31.4 Å². The molecule has 0 bridgehead atoms. The van der Waals surface area contributed by atoms with Crippen LogP contribution in [0.15, 0.2) is 27.7 Å². The van der Waals surface area contributed by atoms with Gasteiger partial charge in [0.15, 0.2) is 0 Å². The van der Waals surface area contributed by atoms with Crippen molar-refractivity contribution in [2.24, 2.45) is 43.8 Å². The molecular weight excluding hydrogens is 426 g/mol. The zero-order chi connectivity index (χ0) is 24.2. The minimum Gasteiger partial charge on any atom is -0.409 e. The van der Waals surface area contributed by atoms with Crippen molar-refractivity contribution in [2.45, 2.75) is 25.7 Å². The van der Waals surface area contributed by atoms with Gasteiger partial charge in [0.05, 0.1) is 58.3 Å². The first-order valence-corrected chi connectivity index (χ1v) is 9.92. The molecule has 0 aromatic heterocycles. The molecule has 32 heavy (non-hydrogen) atoms. The van der Waals surface area contributed by atoms with E-state index in [0.29, 0.717) is 18.7 Å². The monoisotopic (exact) mass is 463 g/mol. The van der Waals surface area contributed by atoms with Crippen LogP contribution in [0.5, 0.6) is 0 Å². The molecule has 0 aromatic carbocycles. The van der Waals surface area contributed by atoms with E-state index in [1.165, 1.54) is 0 Å². The van der Waals surface area contributed by atoms with Gasteiger partial charge >= 0.3 is 0 Å². The van der Waals surface area contributed by atoms with Crippen LogP contribution in [-0.2, 0) is 18.9 Å². The molecule has 0 atom stereocenters. The van der Waals surface area contributed by atoms with Crippen LogP contribution in [0.1, 0.15) is 25.7 Å². The molecule has 0 aliphatic carbocycles. The lowest BCUT2D eigenvalue weighted by Crippen LogP contribution is -2.42. The molecule has 0 saturated carbocycles. The van der Waals surface area contributed by atoms with E-state index in [-0.39, 0.29) is 83.0 Å². The Morgan fingerprint density at radius 2 is 0.875 bits per heavy atom. The molecule has 0 aliphatic rings. The Kier molecular flexibility index (Phi) is 16.3. The molecule has 0 aromatic rings.